The Morgan fingerprint density at radius 3 is 2.88 bits per heavy atom. The van der Waals surface area contributed by atoms with Gasteiger partial charge in [0.25, 0.3) is 0 Å². The Hall–Kier alpha value is -1.77. The van der Waals surface area contributed by atoms with Crippen LogP contribution in [0.25, 0.3) is 6.08 Å². The van der Waals surface area contributed by atoms with E-state index in [2.05, 4.69) is 0 Å². The van der Waals surface area contributed by atoms with Gasteiger partial charge in [0.05, 0.1) is 7.11 Å². The van der Waals surface area contributed by atoms with Crippen LogP contribution in [0.4, 0.5) is 0 Å². The van der Waals surface area contributed by atoms with Gasteiger partial charge in [0.1, 0.15) is 5.75 Å². The van der Waals surface area contributed by atoms with Gasteiger partial charge in [-0.3, -0.25) is 4.79 Å². The largest absolute Gasteiger partial charge is 0.496 e. The number of rotatable bonds is 5. The highest BCUT2D eigenvalue weighted by Gasteiger charge is 2.01. The minimum Gasteiger partial charge on any atom is -0.496 e. The Bertz CT molecular complexity index is 394. The van der Waals surface area contributed by atoms with Gasteiger partial charge in [0.2, 0.25) is 0 Å². The first-order valence-corrected chi connectivity index (χ1v) is 5.17. The van der Waals surface area contributed by atoms with Gasteiger partial charge in [-0.1, -0.05) is 30.4 Å². The summed E-state index contributed by atoms with van der Waals surface area (Å²) < 4.78 is 5.29. The summed E-state index contributed by atoms with van der Waals surface area (Å²) in [6.07, 6.45) is 4.44. The zero-order valence-corrected chi connectivity index (χ0v) is 9.56. The molecular formula is C13H16O3. The number of hydrogen-bond acceptors (Lipinski definition) is 2. The molecule has 0 aliphatic rings. The first-order valence-electron chi connectivity index (χ1n) is 5.17. The van der Waals surface area contributed by atoms with Gasteiger partial charge in [0.15, 0.2) is 0 Å². The van der Waals surface area contributed by atoms with E-state index in [1.54, 1.807) is 7.11 Å². The molecular weight excluding hydrogens is 204 g/mol. The first kappa shape index (κ1) is 12.3. The van der Waals surface area contributed by atoms with Crippen LogP contribution in [0.3, 0.4) is 0 Å². The number of ether oxygens (including phenoxy) is 1. The molecule has 0 fully saturated rings. The predicted octanol–water partition coefficient (Wildman–Crippen LogP) is 2.88. The molecule has 0 bridgehead atoms. The maximum Gasteiger partial charge on any atom is 0.303 e. The van der Waals surface area contributed by atoms with Gasteiger partial charge in [-0.25, -0.2) is 0 Å². The topological polar surface area (TPSA) is 46.5 Å². The molecule has 0 spiro atoms. The SMILES string of the molecule is COc1c(C)cccc1C=CCCC(=O)O. The fraction of sp³-hybridized carbons (Fsp3) is 0.308. The molecule has 3 heteroatoms. The van der Waals surface area contributed by atoms with Crippen molar-refractivity contribution in [1.82, 2.24) is 0 Å². The zero-order chi connectivity index (χ0) is 12.0. The van der Waals surface area contributed by atoms with Crippen molar-refractivity contribution in [1.29, 1.82) is 0 Å². The van der Waals surface area contributed by atoms with Crippen molar-refractivity contribution in [3.05, 3.63) is 35.4 Å². The lowest BCUT2D eigenvalue weighted by molar-refractivity contribution is -0.136. The van der Waals surface area contributed by atoms with Crippen molar-refractivity contribution >= 4 is 12.0 Å². The predicted molar refractivity (Wildman–Crippen MR) is 63.6 cm³/mol. The molecule has 1 rings (SSSR count). The van der Waals surface area contributed by atoms with E-state index in [1.807, 2.05) is 37.3 Å². The molecule has 16 heavy (non-hydrogen) atoms. The lowest BCUT2D eigenvalue weighted by Gasteiger charge is -2.07. The molecule has 0 aliphatic heterocycles. The van der Waals surface area contributed by atoms with Crippen LogP contribution in [0.2, 0.25) is 0 Å². The van der Waals surface area contributed by atoms with Crippen LogP contribution in [0.5, 0.6) is 5.75 Å². The summed E-state index contributed by atoms with van der Waals surface area (Å²) in [5, 5.41) is 8.50. The zero-order valence-electron chi connectivity index (χ0n) is 9.56. The molecule has 0 heterocycles. The molecule has 0 saturated heterocycles. The summed E-state index contributed by atoms with van der Waals surface area (Å²) in [6, 6.07) is 5.88. The van der Waals surface area contributed by atoms with Crippen LogP contribution >= 0.6 is 0 Å². The van der Waals surface area contributed by atoms with E-state index < -0.39 is 5.97 Å². The van der Waals surface area contributed by atoms with E-state index in [9.17, 15) is 4.79 Å². The maximum atomic E-state index is 10.3. The van der Waals surface area contributed by atoms with E-state index in [1.165, 1.54) is 0 Å². The standard InChI is InChI=1S/C13H16O3/c1-10-6-5-8-11(13(10)16-2)7-3-4-9-12(14)15/h3,5-8H,4,9H2,1-2H3,(H,14,15). The van der Waals surface area contributed by atoms with Crippen molar-refractivity contribution in [2.24, 2.45) is 0 Å². The molecule has 0 unspecified atom stereocenters. The Kier molecular flexibility index (Phi) is 4.58. The van der Waals surface area contributed by atoms with Gasteiger partial charge in [0, 0.05) is 12.0 Å². The average molecular weight is 220 g/mol. The molecule has 1 aromatic rings. The van der Waals surface area contributed by atoms with Crippen molar-refractivity contribution < 1.29 is 14.6 Å². The highest BCUT2D eigenvalue weighted by molar-refractivity contribution is 5.67. The van der Waals surface area contributed by atoms with Crippen molar-refractivity contribution in [2.75, 3.05) is 7.11 Å². The number of carbonyl (C=O) groups is 1. The number of aliphatic carboxylic acids is 1. The lowest BCUT2D eigenvalue weighted by atomic mass is 10.1. The van der Waals surface area contributed by atoms with Crippen LogP contribution in [-0.2, 0) is 4.79 Å². The Morgan fingerprint density at radius 2 is 2.25 bits per heavy atom. The van der Waals surface area contributed by atoms with E-state index in [0.717, 1.165) is 16.9 Å². The minimum absolute atomic E-state index is 0.157. The second kappa shape index (κ2) is 5.95. The van der Waals surface area contributed by atoms with Gasteiger partial charge in [-0.15, -0.1) is 0 Å². The third kappa shape index (κ3) is 3.42. The number of methoxy groups -OCH3 is 1. The summed E-state index contributed by atoms with van der Waals surface area (Å²) >= 11 is 0. The van der Waals surface area contributed by atoms with Gasteiger partial charge in [-0.05, 0) is 18.9 Å². The first-order chi connectivity index (χ1) is 7.65. The number of hydrogen-bond donors (Lipinski definition) is 1. The molecule has 1 N–H and O–H groups in total. The molecule has 86 valence electrons. The molecule has 0 radical (unpaired) electrons. The number of benzene rings is 1. The normalized spacial score (nSPS) is 10.6. The number of allylic oxidation sites excluding steroid dienone is 1. The van der Waals surface area contributed by atoms with Crippen molar-refractivity contribution in [3.8, 4) is 5.75 Å². The average Bonchev–Trinajstić information content (AvgIpc) is 2.24. The summed E-state index contributed by atoms with van der Waals surface area (Å²) in [4.78, 5) is 10.3. The van der Waals surface area contributed by atoms with Gasteiger partial charge >= 0.3 is 5.97 Å². The quantitative estimate of drug-likeness (QED) is 0.829. The highest BCUT2D eigenvalue weighted by atomic mass is 16.5. The fourth-order valence-electron chi connectivity index (χ4n) is 1.50. The number of para-hydroxylation sites is 1. The van der Waals surface area contributed by atoms with E-state index >= 15 is 0 Å². The number of carboxylic acid groups (broad SMARTS) is 1. The van der Waals surface area contributed by atoms with Crippen LogP contribution in [-0.4, -0.2) is 18.2 Å². The Morgan fingerprint density at radius 1 is 1.50 bits per heavy atom. The second-order valence-electron chi connectivity index (χ2n) is 3.53. The molecule has 0 atom stereocenters. The molecule has 1 aromatic carbocycles. The number of carboxylic acids is 1. The monoisotopic (exact) mass is 220 g/mol. The summed E-state index contributed by atoms with van der Waals surface area (Å²) in [6.45, 7) is 1.98. The smallest absolute Gasteiger partial charge is 0.303 e. The van der Waals surface area contributed by atoms with Crippen molar-refractivity contribution in [2.45, 2.75) is 19.8 Å². The summed E-state index contributed by atoms with van der Waals surface area (Å²) in [5.41, 5.74) is 2.05. The van der Waals surface area contributed by atoms with Crippen LogP contribution in [0, 0.1) is 6.92 Å². The van der Waals surface area contributed by atoms with Crippen LogP contribution in [0.15, 0.2) is 24.3 Å². The Balaban J connectivity index is 2.73. The van der Waals surface area contributed by atoms with E-state index in [4.69, 9.17) is 9.84 Å². The lowest BCUT2D eigenvalue weighted by Crippen LogP contribution is -1.92. The molecule has 3 nitrogen and oxygen atoms in total. The third-order valence-electron chi connectivity index (χ3n) is 2.27. The van der Waals surface area contributed by atoms with Gasteiger partial charge in [-0.2, -0.15) is 0 Å². The molecule has 0 aromatic heterocycles. The number of aryl methyl sites for hydroxylation is 1. The van der Waals surface area contributed by atoms with Gasteiger partial charge < -0.3 is 9.84 Å². The minimum atomic E-state index is -0.777. The fourth-order valence-corrected chi connectivity index (χ4v) is 1.50. The van der Waals surface area contributed by atoms with Crippen molar-refractivity contribution in [3.63, 3.8) is 0 Å². The van der Waals surface area contributed by atoms with Crippen LogP contribution in [0.1, 0.15) is 24.0 Å². The van der Waals surface area contributed by atoms with Crippen LogP contribution < -0.4 is 4.74 Å². The van der Waals surface area contributed by atoms with E-state index in [-0.39, 0.29) is 6.42 Å². The maximum absolute atomic E-state index is 10.3. The Labute approximate surface area is 95.4 Å². The third-order valence-corrected chi connectivity index (χ3v) is 2.27. The second-order valence-corrected chi connectivity index (χ2v) is 3.53. The van der Waals surface area contributed by atoms with E-state index in [0.29, 0.717) is 6.42 Å². The molecule has 0 aliphatic carbocycles. The molecule has 0 amide bonds. The molecule has 0 saturated carbocycles. The summed E-state index contributed by atoms with van der Waals surface area (Å²) in [5.74, 6) is 0.0648. The highest BCUT2D eigenvalue weighted by Crippen LogP contribution is 2.24. The summed E-state index contributed by atoms with van der Waals surface area (Å²) in [7, 11) is 1.64.